The van der Waals surface area contributed by atoms with Crippen LogP contribution in [0.5, 0.6) is 0 Å². The molecule has 0 aromatic heterocycles. The summed E-state index contributed by atoms with van der Waals surface area (Å²) in [6, 6.07) is 0. The van der Waals surface area contributed by atoms with Gasteiger partial charge in [0.1, 0.15) is 19.3 Å². The maximum atomic E-state index is 12.8. The SMILES string of the molecule is CCCCCCCC/C=C\CCCCCCCCCCCCOCC(COP(=O)(O)OCC[N+](C)(C)C)OC(=O)CCCCCCCCCCCCCCCCCCCCCC. The van der Waals surface area contributed by atoms with Crippen LogP contribution in [0.1, 0.15) is 264 Å². The molecule has 0 aliphatic rings. The van der Waals surface area contributed by atoms with Gasteiger partial charge in [-0.2, -0.15) is 0 Å². The lowest BCUT2D eigenvalue weighted by molar-refractivity contribution is -0.870. The van der Waals surface area contributed by atoms with Gasteiger partial charge in [0.2, 0.25) is 0 Å². The van der Waals surface area contributed by atoms with Gasteiger partial charge >= 0.3 is 13.8 Å². The molecule has 0 rings (SSSR count). The van der Waals surface area contributed by atoms with Crippen molar-refractivity contribution in [2.24, 2.45) is 0 Å². The molecule has 0 bridgehead atoms. The molecule has 62 heavy (non-hydrogen) atoms. The Kier molecular flexibility index (Phi) is 46.2. The Balaban J connectivity index is 4.08. The third kappa shape index (κ3) is 50.2. The summed E-state index contributed by atoms with van der Waals surface area (Å²) in [6.45, 7) is 5.68. The molecule has 9 heteroatoms. The third-order valence-electron chi connectivity index (χ3n) is 12.1. The zero-order valence-electron chi connectivity index (χ0n) is 42.1. The molecule has 1 N–H and O–H groups in total. The number of phosphoric acid groups is 1. The number of hydrogen-bond donors (Lipinski definition) is 1. The Labute approximate surface area is 386 Å². The summed E-state index contributed by atoms with van der Waals surface area (Å²) in [5.74, 6) is -0.307. The number of likely N-dealkylation sites (N-methyl/N-ethyl adjacent to an activating group) is 1. The number of quaternary nitrogens is 1. The number of carbonyl (C=O) groups excluding carboxylic acids is 1. The molecule has 0 heterocycles. The third-order valence-corrected chi connectivity index (χ3v) is 13.1. The quantitative estimate of drug-likeness (QED) is 0.0214. The average molecular weight is 901 g/mol. The van der Waals surface area contributed by atoms with Gasteiger partial charge in [0.05, 0.1) is 34.4 Å². The fourth-order valence-electron chi connectivity index (χ4n) is 7.90. The lowest BCUT2D eigenvalue weighted by Crippen LogP contribution is -2.37. The maximum absolute atomic E-state index is 12.8. The zero-order chi connectivity index (χ0) is 45.5. The highest BCUT2D eigenvalue weighted by Crippen LogP contribution is 2.43. The van der Waals surface area contributed by atoms with E-state index in [4.69, 9.17) is 18.5 Å². The standard InChI is InChI=1S/C53H106NO7P/c1-6-8-10-12-14-16-18-20-22-24-26-28-30-32-34-36-38-40-42-44-46-53(55)61-52(51-60-62(56,57)59-49-47-54(3,4)5)50-58-48-45-43-41-39-37-35-33-31-29-27-25-23-21-19-17-15-13-11-9-7-2/h21,23,52H,6-20,22,24-51H2,1-5H3/p+1/b23-21-. The van der Waals surface area contributed by atoms with Crippen LogP contribution in [0.15, 0.2) is 12.2 Å². The first-order valence-electron chi connectivity index (χ1n) is 26.9. The number of carbonyl (C=O) groups is 1. The van der Waals surface area contributed by atoms with Crippen molar-refractivity contribution in [1.29, 1.82) is 0 Å². The van der Waals surface area contributed by atoms with Crippen LogP contribution in [0.25, 0.3) is 0 Å². The molecule has 0 saturated heterocycles. The Morgan fingerprint density at radius 3 is 1.23 bits per heavy atom. The van der Waals surface area contributed by atoms with E-state index in [1.165, 1.54) is 212 Å². The number of hydrogen-bond acceptors (Lipinski definition) is 6. The normalized spacial score (nSPS) is 13.6. The molecule has 0 amide bonds. The van der Waals surface area contributed by atoms with Crippen LogP contribution < -0.4 is 0 Å². The lowest BCUT2D eigenvalue weighted by atomic mass is 10.0. The monoisotopic (exact) mass is 901 g/mol. The van der Waals surface area contributed by atoms with Gasteiger partial charge in [-0.1, -0.05) is 231 Å². The van der Waals surface area contributed by atoms with Gasteiger partial charge in [-0.05, 0) is 38.5 Å². The summed E-state index contributed by atoms with van der Waals surface area (Å²) < 4.78 is 35.2. The molecule has 0 radical (unpaired) electrons. The first kappa shape index (κ1) is 61.2. The molecule has 0 aromatic rings. The van der Waals surface area contributed by atoms with Gasteiger partial charge in [-0.15, -0.1) is 0 Å². The zero-order valence-corrected chi connectivity index (χ0v) is 43.0. The van der Waals surface area contributed by atoms with Crippen molar-refractivity contribution in [3.8, 4) is 0 Å². The minimum atomic E-state index is -4.28. The Morgan fingerprint density at radius 1 is 0.484 bits per heavy atom. The number of nitrogens with zero attached hydrogens (tertiary/aromatic N) is 1. The average Bonchev–Trinajstić information content (AvgIpc) is 3.23. The molecule has 0 aromatic carbocycles. The molecule has 0 aliphatic carbocycles. The number of unbranched alkanes of at least 4 members (excludes halogenated alkanes) is 35. The molecular formula is C53H107NO7P+. The molecule has 370 valence electrons. The molecule has 0 fully saturated rings. The molecule has 2 unspecified atom stereocenters. The number of rotatable bonds is 51. The van der Waals surface area contributed by atoms with Crippen LogP contribution in [-0.2, 0) is 27.9 Å². The second kappa shape index (κ2) is 46.8. The minimum Gasteiger partial charge on any atom is -0.457 e. The van der Waals surface area contributed by atoms with E-state index in [0.717, 1.165) is 32.1 Å². The van der Waals surface area contributed by atoms with E-state index in [1.54, 1.807) is 0 Å². The fourth-order valence-corrected chi connectivity index (χ4v) is 8.65. The van der Waals surface area contributed by atoms with Gasteiger partial charge in [-0.3, -0.25) is 13.8 Å². The maximum Gasteiger partial charge on any atom is 0.472 e. The number of allylic oxidation sites excluding steroid dienone is 2. The van der Waals surface area contributed by atoms with E-state index in [0.29, 0.717) is 24.1 Å². The first-order valence-corrected chi connectivity index (χ1v) is 28.4. The number of esters is 1. The van der Waals surface area contributed by atoms with Crippen molar-refractivity contribution >= 4 is 13.8 Å². The molecule has 8 nitrogen and oxygen atoms in total. The van der Waals surface area contributed by atoms with E-state index in [1.807, 2.05) is 21.1 Å². The Hall–Kier alpha value is -0.760. The highest BCUT2D eigenvalue weighted by molar-refractivity contribution is 7.47. The van der Waals surface area contributed by atoms with Crippen LogP contribution in [0.3, 0.4) is 0 Å². The molecule has 0 aliphatic heterocycles. The summed E-state index contributed by atoms with van der Waals surface area (Å²) in [5.41, 5.74) is 0. The van der Waals surface area contributed by atoms with Crippen molar-refractivity contribution in [2.45, 2.75) is 270 Å². The summed E-state index contributed by atoms with van der Waals surface area (Å²) >= 11 is 0. The molecule has 0 saturated carbocycles. The van der Waals surface area contributed by atoms with Crippen LogP contribution >= 0.6 is 7.82 Å². The minimum absolute atomic E-state index is 0.0922. The summed E-state index contributed by atoms with van der Waals surface area (Å²) in [5, 5.41) is 0. The second-order valence-electron chi connectivity index (χ2n) is 19.6. The molecule has 2 atom stereocenters. The highest BCUT2D eigenvalue weighted by Gasteiger charge is 2.26. The summed E-state index contributed by atoms with van der Waals surface area (Å²) in [6.07, 6.45) is 54.0. The summed E-state index contributed by atoms with van der Waals surface area (Å²) in [7, 11) is 1.68. The van der Waals surface area contributed by atoms with Gasteiger partial charge < -0.3 is 18.9 Å². The van der Waals surface area contributed by atoms with Crippen molar-refractivity contribution < 1.29 is 37.3 Å². The van der Waals surface area contributed by atoms with E-state index in [-0.39, 0.29) is 25.8 Å². The van der Waals surface area contributed by atoms with E-state index in [9.17, 15) is 14.3 Å². The first-order chi connectivity index (χ1) is 30.1. The fraction of sp³-hybridized carbons (Fsp3) is 0.943. The second-order valence-corrected chi connectivity index (χ2v) is 21.1. The Morgan fingerprint density at radius 2 is 0.839 bits per heavy atom. The van der Waals surface area contributed by atoms with E-state index in [2.05, 4.69) is 26.0 Å². The topological polar surface area (TPSA) is 91.3 Å². The summed E-state index contributed by atoms with van der Waals surface area (Å²) in [4.78, 5) is 23.0. The van der Waals surface area contributed by atoms with Crippen molar-refractivity contribution in [3.63, 3.8) is 0 Å². The predicted molar refractivity (Wildman–Crippen MR) is 266 cm³/mol. The van der Waals surface area contributed by atoms with E-state index >= 15 is 0 Å². The van der Waals surface area contributed by atoms with Gasteiger partial charge in [-0.25, -0.2) is 4.57 Å². The van der Waals surface area contributed by atoms with Crippen molar-refractivity contribution in [3.05, 3.63) is 12.2 Å². The van der Waals surface area contributed by atoms with Crippen molar-refractivity contribution in [2.75, 3.05) is 54.1 Å². The lowest BCUT2D eigenvalue weighted by Gasteiger charge is -2.24. The smallest absolute Gasteiger partial charge is 0.457 e. The molecular weight excluding hydrogens is 794 g/mol. The van der Waals surface area contributed by atoms with Crippen LogP contribution in [0.4, 0.5) is 0 Å². The van der Waals surface area contributed by atoms with Gasteiger partial charge in [0, 0.05) is 13.0 Å². The van der Waals surface area contributed by atoms with E-state index < -0.39 is 13.9 Å². The number of phosphoric ester groups is 1. The van der Waals surface area contributed by atoms with Crippen molar-refractivity contribution in [1.82, 2.24) is 0 Å². The van der Waals surface area contributed by atoms with Gasteiger partial charge in [0.25, 0.3) is 0 Å². The highest BCUT2D eigenvalue weighted by atomic mass is 31.2. The van der Waals surface area contributed by atoms with Gasteiger partial charge in [0.15, 0.2) is 0 Å². The largest absolute Gasteiger partial charge is 0.472 e. The van der Waals surface area contributed by atoms with Crippen LogP contribution in [0.2, 0.25) is 0 Å². The Bertz CT molecular complexity index is 1000. The molecule has 0 spiro atoms. The van der Waals surface area contributed by atoms with Crippen LogP contribution in [-0.4, -0.2) is 75.6 Å². The predicted octanol–water partition coefficient (Wildman–Crippen LogP) is 16.6. The van der Waals surface area contributed by atoms with Crippen LogP contribution in [0, 0.1) is 0 Å². The number of ether oxygens (including phenoxy) is 2.